The zero-order valence-electron chi connectivity index (χ0n) is 18.7. The van der Waals surface area contributed by atoms with Crippen LogP contribution in [0, 0.1) is 5.92 Å². The number of carbonyl (C=O) groups excluding carboxylic acids is 2. The van der Waals surface area contributed by atoms with Crippen LogP contribution in [0.25, 0.3) is 0 Å². The summed E-state index contributed by atoms with van der Waals surface area (Å²) in [6.45, 7) is 2.18. The molecule has 0 spiro atoms. The highest BCUT2D eigenvalue weighted by Crippen LogP contribution is 2.34. The molecule has 1 saturated carbocycles. The average molecular weight is 469 g/mol. The fourth-order valence-corrected chi connectivity index (χ4v) is 5.50. The number of piperidine rings is 1. The highest BCUT2D eigenvalue weighted by Gasteiger charge is 2.32. The van der Waals surface area contributed by atoms with E-state index in [1.807, 2.05) is 11.0 Å². The van der Waals surface area contributed by atoms with Gasteiger partial charge in [0, 0.05) is 37.9 Å². The summed E-state index contributed by atoms with van der Waals surface area (Å²) in [5, 5.41) is 3.73. The van der Waals surface area contributed by atoms with E-state index in [1.54, 1.807) is 23.5 Å². The molecule has 4 heterocycles. The molecule has 8 nitrogen and oxygen atoms in total. The molecule has 1 unspecified atom stereocenters. The Balaban J connectivity index is 1.31. The molecule has 2 aromatic rings. The van der Waals surface area contributed by atoms with Crippen LogP contribution in [-0.2, 0) is 9.59 Å². The Hall–Kier alpha value is -2.74. The fourth-order valence-electron chi connectivity index (χ4n) is 5.25. The number of anilines is 3. The van der Waals surface area contributed by atoms with Crippen molar-refractivity contribution >= 4 is 40.7 Å². The number of carbonyl (C=O) groups is 2. The molecular weight excluding hydrogens is 440 g/mol. The van der Waals surface area contributed by atoms with Crippen LogP contribution >= 0.6 is 11.6 Å². The Morgan fingerprint density at radius 2 is 1.91 bits per heavy atom. The second-order valence-electron chi connectivity index (χ2n) is 9.24. The van der Waals surface area contributed by atoms with E-state index in [0.717, 1.165) is 62.9 Å². The molecule has 2 amide bonds. The van der Waals surface area contributed by atoms with Gasteiger partial charge in [-0.1, -0.05) is 24.4 Å². The normalized spacial score (nSPS) is 21.6. The summed E-state index contributed by atoms with van der Waals surface area (Å²) in [6, 6.07) is 1.89. The number of halogens is 1. The maximum absolute atomic E-state index is 12.9. The van der Waals surface area contributed by atoms with Gasteiger partial charge in [-0.25, -0.2) is 9.97 Å². The number of nitrogens with zero attached hydrogens (tertiary/aromatic N) is 5. The SMILES string of the molecule is O=C(C1CCCC1)N1CCCC(c2nc(Nc3cncc(N4CCCC4=O)c3)ncc2Cl)C1. The molecule has 33 heavy (non-hydrogen) atoms. The molecule has 174 valence electrons. The van der Waals surface area contributed by atoms with Crippen LogP contribution in [0.4, 0.5) is 17.3 Å². The van der Waals surface area contributed by atoms with Crippen molar-refractivity contribution in [3.8, 4) is 0 Å². The molecule has 1 N–H and O–H groups in total. The van der Waals surface area contributed by atoms with E-state index < -0.39 is 0 Å². The van der Waals surface area contributed by atoms with Gasteiger partial charge in [-0.2, -0.15) is 0 Å². The minimum Gasteiger partial charge on any atom is -0.342 e. The number of amides is 2. The molecule has 0 bridgehead atoms. The standard InChI is InChI=1S/C24H29ClN6O2/c25-20-14-27-24(28-18-11-19(13-26-12-18)31-10-4-8-21(31)32)29-22(20)17-7-3-9-30(15-17)23(33)16-5-1-2-6-16/h11-14,16-17H,1-10,15H2,(H,27,28,29). The first-order valence-corrected chi connectivity index (χ1v) is 12.3. The van der Waals surface area contributed by atoms with Crippen molar-refractivity contribution < 1.29 is 9.59 Å². The third kappa shape index (κ3) is 4.81. The third-order valence-electron chi connectivity index (χ3n) is 6.96. The highest BCUT2D eigenvalue weighted by atomic mass is 35.5. The van der Waals surface area contributed by atoms with Gasteiger partial charge in [-0.3, -0.25) is 14.6 Å². The number of hydrogen-bond donors (Lipinski definition) is 1. The minimum atomic E-state index is 0.0897. The first kappa shape index (κ1) is 22.1. The van der Waals surface area contributed by atoms with Gasteiger partial charge >= 0.3 is 0 Å². The monoisotopic (exact) mass is 468 g/mol. The number of nitrogens with one attached hydrogen (secondary N) is 1. The molecule has 3 fully saturated rings. The predicted molar refractivity (Wildman–Crippen MR) is 127 cm³/mol. The van der Waals surface area contributed by atoms with Gasteiger partial charge in [0.1, 0.15) is 0 Å². The van der Waals surface area contributed by atoms with E-state index in [1.165, 1.54) is 0 Å². The molecule has 0 radical (unpaired) electrons. The van der Waals surface area contributed by atoms with Crippen LogP contribution in [0.5, 0.6) is 0 Å². The van der Waals surface area contributed by atoms with E-state index in [2.05, 4.69) is 15.3 Å². The van der Waals surface area contributed by atoms with Crippen molar-refractivity contribution in [1.82, 2.24) is 19.9 Å². The van der Waals surface area contributed by atoms with E-state index in [0.29, 0.717) is 42.1 Å². The molecule has 5 rings (SSSR count). The van der Waals surface area contributed by atoms with E-state index in [4.69, 9.17) is 16.6 Å². The van der Waals surface area contributed by atoms with Crippen LogP contribution in [0.3, 0.4) is 0 Å². The van der Waals surface area contributed by atoms with Crippen LogP contribution < -0.4 is 10.2 Å². The topological polar surface area (TPSA) is 91.3 Å². The van der Waals surface area contributed by atoms with E-state index in [-0.39, 0.29) is 17.7 Å². The van der Waals surface area contributed by atoms with Gasteiger partial charge in [0.25, 0.3) is 0 Å². The zero-order valence-corrected chi connectivity index (χ0v) is 19.4. The maximum atomic E-state index is 12.9. The van der Waals surface area contributed by atoms with Gasteiger partial charge in [-0.15, -0.1) is 0 Å². The lowest BCUT2D eigenvalue weighted by atomic mass is 9.93. The van der Waals surface area contributed by atoms with Crippen LogP contribution in [-0.4, -0.2) is 51.3 Å². The maximum Gasteiger partial charge on any atom is 0.227 e. The average Bonchev–Trinajstić information content (AvgIpc) is 3.52. The van der Waals surface area contributed by atoms with Crippen LogP contribution in [0.1, 0.15) is 63.0 Å². The van der Waals surface area contributed by atoms with Crippen LogP contribution in [0.15, 0.2) is 24.7 Å². The van der Waals surface area contributed by atoms with Crippen molar-refractivity contribution in [1.29, 1.82) is 0 Å². The second kappa shape index (κ2) is 9.63. The van der Waals surface area contributed by atoms with Gasteiger partial charge < -0.3 is 15.1 Å². The molecule has 2 aliphatic heterocycles. The smallest absolute Gasteiger partial charge is 0.227 e. The number of rotatable bonds is 5. The van der Waals surface area contributed by atoms with Crippen molar-refractivity contribution in [3.63, 3.8) is 0 Å². The summed E-state index contributed by atoms with van der Waals surface area (Å²) >= 11 is 6.50. The third-order valence-corrected chi connectivity index (χ3v) is 7.25. The van der Waals surface area contributed by atoms with Crippen molar-refractivity contribution in [2.75, 3.05) is 29.9 Å². The first-order chi connectivity index (χ1) is 16.1. The summed E-state index contributed by atoms with van der Waals surface area (Å²) in [7, 11) is 0. The summed E-state index contributed by atoms with van der Waals surface area (Å²) in [6.07, 6.45) is 12.7. The zero-order chi connectivity index (χ0) is 22.8. The summed E-state index contributed by atoms with van der Waals surface area (Å²) < 4.78 is 0. The van der Waals surface area contributed by atoms with Gasteiger partial charge in [0.05, 0.1) is 40.7 Å². The quantitative estimate of drug-likeness (QED) is 0.703. The molecule has 9 heteroatoms. The summed E-state index contributed by atoms with van der Waals surface area (Å²) in [5.41, 5.74) is 2.25. The van der Waals surface area contributed by atoms with E-state index in [9.17, 15) is 9.59 Å². The highest BCUT2D eigenvalue weighted by molar-refractivity contribution is 6.31. The molecule has 1 aliphatic carbocycles. The molecule has 3 aliphatic rings. The lowest BCUT2D eigenvalue weighted by Gasteiger charge is -2.34. The molecular formula is C24H29ClN6O2. The predicted octanol–water partition coefficient (Wildman–Crippen LogP) is 4.29. The summed E-state index contributed by atoms with van der Waals surface area (Å²) in [4.78, 5) is 42.1. The van der Waals surface area contributed by atoms with Crippen LogP contribution in [0.2, 0.25) is 5.02 Å². The first-order valence-electron chi connectivity index (χ1n) is 11.9. The molecule has 0 aromatic carbocycles. The Morgan fingerprint density at radius 1 is 1.06 bits per heavy atom. The van der Waals surface area contributed by atoms with Gasteiger partial charge in [0.2, 0.25) is 17.8 Å². The Kier molecular flexibility index (Phi) is 6.44. The Morgan fingerprint density at radius 3 is 2.70 bits per heavy atom. The summed E-state index contributed by atoms with van der Waals surface area (Å²) in [5.74, 6) is 1.12. The Bertz CT molecular complexity index is 1040. The van der Waals surface area contributed by atoms with E-state index >= 15 is 0 Å². The number of hydrogen-bond acceptors (Lipinski definition) is 6. The molecule has 2 aromatic heterocycles. The second-order valence-corrected chi connectivity index (χ2v) is 9.64. The lowest BCUT2D eigenvalue weighted by Crippen LogP contribution is -2.42. The molecule has 2 saturated heterocycles. The largest absolute Gasteiger partial charge is 0.342 e. The van der Waals surface area contributed by atoms with Gasteiger partial charge in [-0.05, 0) is 38.2 Å². The van der Waals surface area contributed by atoms with Gasteiger partial charge in [0.15, 0.2) is 0 Å². The van der Waals surface area contributed by atoms with Crippen molar-refractivity contribution in [3.05, 3.63) is 35.4 Å². The number of pyridine rings is 1. The molecule has 1 atom stereocenters. The minimum absolute atomic E-state index is 0.0897. The lowest BCUT2D eigenvalue weighted by molar-refractivity contribution is -0.136. The fraction of sp³-hybridized carbons (Fsp3) is 0.542. The number of aromatic nitrogens is 3. The van der Waals surface area contributed by atoms with Crippen molar-refractivity contribution in [2.24, 2.45) is 5.92 Å². The Labute approximate surface area is 198 Å². The number of likely N-dealkylation sites (tertiary alicyclic amines) is 1. The van der Waals surface area contributed by atoms with Crippen molar-refractivity contribution in [2.45, 2.75) is 57.3 Å².